The Kier molecular flexibility index (Phi) is 6.55. The molecule has 230 valence electrons. The molecule has 0 aliphatic heterocycles. The Labute approximate surface area is 281 Å². The summed E-state index contributed by atoms with van der Waals surface area (Å²) in [5.74, 6) is 0.951. The lowest BCUT2D eigenvalue weighted by atomic mass is 9.82. The second-order valence-electron chi connectivity index (χ2n) is 13.2. The van der Waals surface area contributed by atoms with Gasteiger partial charge in [-0.05, 0) is 99.8 Å². The summed E-state index contributed by atoms with van der Waals surface area (Å²) in [5.41, 5.74) is 13.1. The fraction of sp³-hybridized carbons (Fsp3) is 0.0889. The average molecular weight is 618 g/mol. The molecule has 1 aromatic heterocycles. The van der Waals surface area contributed by atoms with Crippen molar-refractivity contribution in [2.24, 2.45) is 0 Å². The molecule has 0 saturated carbocycles. The predicted molar refractivity (Wildman–Crippen MR) is 201 cm³/mol. The minimum Gasteiger partial charge on any atom is -0.310 e. The number of imidazole rings is 1. The first-order valence-corrected chi connectivity index (χ1v) is 16.7. The van der Waals surface area contributed by atoms with Crippen LogP contribution in [0.25, 0.3) is 45.1 Å². The van der Waals surface area contributed by atoms with Gasteiger partial charge in [0.2, 0.25) is 0 Å². The highest BCUT2D eigenvalue weighted by molar-refractivity contribution is 5.91. The van der Waals surface area contributed by atoms with Crippen molar-refractivity contribution in [2.45, 2.75) is 25.7 Å². The lowest BCUT2D eigenvalue weighted by molar-refractivity contribution is 0.660. The van der Waals surface area contributed by atoms with E-state index in [4.69, 9.17) is 4.98 Å². The second kappa shape index (κ2) is 11.1. The Morgan fingerprint density at radius 2 is 1.29 bits per heavy atom. The number of allylic oxidation sites excluding steroid dienone is 3. The summed E-state index contributed by atoms with van der Waals surface area (Å²) in [6.07, 6.45) is 9.33. The maximum atomic E-state index is 5.18. The molecule has 9 rings (SSSR count). The standard InChI is InChI=1S/C45H35N3/c1-45(2)40-18-12-11-17-38(40)39-28-27-37(30-41(39)45)47(36-26-21-31-13-9-10-14-33(31)29-36)35-24-22-32(23-25-35)44-46-42-19-7-4-8-20-43(42)48(44)34-15-5-3-6-16-34/h3-19,21-30H,20H2,1-2H3. The van der Waals surface area contributed by atoms with E-state index in [2.05, 4.69) is 187 Å². The van der Waals surface area contributed by atoms with Gasteiger partial charge in [-0.15, -0.1) is 0 Å². The molecule has 0 amide bonds. The molecular formula is C45H35N3. The first-order chi connectivity index (χ1) is 23.6. The van der Waals surface area contributed by atoms with E-state index in [1.807, 2.05) is 0 Å². The number of hydrogen-bond acceptors (Lipinski definition) is 2. The van der Waals surface area contributed by atoms with Crippen LogP contribution in [0, 0.1) is 0 Å². The SMILES string of the molecule is CC1(C)c2ccccc2-c2ccc(N(c3ccc(-c4nc5c(n4-c4ccccc4)CC=CC=C5)cc3)c3ccc4ccccc4c3)cc21. The highest BCUT2D eigenvalue weighted by atomic mass is 15.1. The fourth-order valence-corrected chi connectivity index (χ4v) is 7.61. The van der Waals surface area contributed by atoms with Crippen LogP contribution in [0.15, 0.2) is 158 Å². The zero-order valence-corrected chi connectivity index (χ0v) is 27.1. The van der Waals surface area contributed by atoms with E-state index in [0.29, 0.717) is 0 Å². The first-order valence-electron chi connectivity index (χ1n) is 16.7. The molecule has 0 saturated heterocycles. The van der Waals surface area contributed by atoms with Gasteiger partial charge in [0, 0.05) is 40.1 Å². The van der Waals surface area contributed by atoms with Gasteiger partial charge in [-0.2, -0.15) is 0 Å². The molecule has 2 aliphatic rings. The highest BCUT2D eigenvalue weighted by Crippen LogP contribution is 2.50. The third-order valence-corrected chi connectivity index (χ3v) is 10.0. The third-order valence-electron chi connectivity index (χ3n) is 10.0. The molecule has 3 heteroatoms. The summed E-state index contributed by atoms with van der Waals surface area (Å²) in [4.78, 5) is 7.57. The van der Waals surface area contributed by atoms with Crippen molar-refractivity contribution < 1.29 is 0 Å². The molecule has 6 aromatic carbocycles. The van der Waals surface area contributed by atoms with Crippen molar-refractivity contribution in [3.63, 3.8) is 0 Å². The summed E-state index contributed by atoms with van der Waals surface area (Å²) in [7, 11) is 0. The van der Waals surface area contributed by atoms with Crippen LogP contribution >= 0.6 is 0 Å². The van der Waals surface area contributed by atoms with Gasteiger partial charge in [0.25, 0.3) is 0 Å². The van der Waals surface area contributed by atoms with Gasteiger partial charge < -0.3 is 4.90 Å². The lowest BCUT2D eigenvalue weighted by Crippen LogP contribution is -2.16. The molecule has 0 spiro atoms. The monoisotopic (exact) mass is 617 g/mol. The normalized spacial score (nSPS) is 14.0. The third kappa shape index (κ3) is 4.54. The van der Waals surface area contributed by atoms with Crippen LogP contribution in [0.2, 0.25) is 0 Å². The molecule has 0 fully saturated rings. The van der Waals surface area contributed by atoms with Crippen molar-refractivity contribution in [2.75, 3.05) is 4.90 Å². The molecule has 0 N–H and O–H groups in total. The van der Waals surface area contributed by atoms with E-state index in [1.54, 1.807) is 0 Å². The van der Waals surface area contributed by atoms with Gasteiger partial charge in [0.05, 0.1) is 11.4 Å². The van der Waals surface area contributed by atoms with E-state index in [9.17, 15) is 0 Å². The topological polar surface area (TPSA) is 21.1 Å². The van der Waals surface area contributed by atoms with Gasteiger partial charge in [0.15, 0.2) is 0 Å². The Balaban J connectivity index is 1.19. The largest absolute Gasteiger partial charge is 0.310 e. The quantitative estimate of drug-likeness (QED) is 0.192. The minimum atomic E-state index is -0.0863. The van der Waals surface area contributed by atoms with Crippen molar-refractivity contribution in [3.8, 4) is 28.2 Å². The zero-order chi connectivity index (χ0) is 32.2. The number of benzene rings is 6. The summed E-state index contributed by atoms with van der Waals surface area (Å²) >= 11 is 0. The molecule has 48 heavy (non-hydrogen) atoms. The van der Waals surface area contributed by atoms with Crippen LogP contribution in [0.1, 0.15) is 36.4 Å². The van der Waals surface area contributed by atoms with Crippen LogP contribution in [-0.4, -0.2) is 9.55 Å². The van der Waals surface area contributed by atoms with Gasteiger partial charge >= 0.3 is 0 Å². The van der Waals surface area contributed by atoms with Crippen molar-refractivity contribution in [1.82, 2.24) is 9.55 Å². The fourth-order valence-electron chi connectivity index (χ4n) is 7.61. The Morgan fingerprint density at radius 1 is 0.604 bits per heavy atom. The van der Waals surface area contributed by atoms with E-state index in [-0.39, 0.29) is 5.41 Å². The van der Waals surface area contributed by atoms with Crippen LogP contribution in [0.3, 0.4) is 0 Å². The van der Waals surface area contributed by atoms with Crippen molar-refractivity contribution in [1.29, 1.82) is 0 Å². The number of aromatic nitrogens is 2. The van der Waals surface area contributed by atoms with Crippen LogP contribution in [-0.2, 0) is 11.8 Å². The number of hydrogen-bond donors (Lipinski definition) is 0. The zero-order valence-electron chi connectivity index (χ0n) is 27.1. The molecule has 1 heterocycles. The molecular weight excluding hydrogens is 583 g/mol. The summed E-state index contributed by atoms with van der Waals surface area (Å²) in [6, 6.07) is 50.7. The Bertz CT molecular complexity index is 2390. The summed E-state index contributed by atoms with van der Waals surface area (Å²) in [5, 5.41) is 2.46. The average Bonchev–Trinajstić information content (AvgIpc) is 3.48. The predicted octanol–water partition coefficient (Wildman–Crippen LogP) is 11.6. The Morgan fingerprint density at radius 3 is 2.15 bits per heavy atom. The van der Waals surface area contributed by atoms with E-state index < -0.39 is 0 Å². The van der Waals surface area contributed by atoms with Crippen LogP contribution < -0.4 is 4.90 Å². The molecule has 0 bridgehead atoms. The van der Waals surface area contributed by atoms with E-state index in [0.717, 1.165) is 46.3 Å². The van der Waals surface area contributed by atoms with Crippen LogP contribution in [0.4, 0.5) is 17.1 Å². The lowest BCUT2D eigenvalue weighted by Gasteiger charge is -2.28. The van der Waals surface area contributed by atoms with Crippen molar-refractivity contribution >= 4 is 33.9 Å². The van der Waals surface area contributed by atoms with Crippen molar-refractivity contribution in [3.05, 3.63) is 180 Å². The van der Waals surface area contributed by atoms with Gasteiger partial charge in [0.1, 0.15) is 5.82 Å². The maximum absolute atomic E-state index is 5.18. The minimum absolute atomic E-state index is 0.0863. The second-order valence-corrected chi connectivity index (χ2v) is 13.2. The van der Waals surface area contributed by atoms with Gasteiger partial charge in [-0.3, -0.25) is 4.57 Å². The van der Waals surface area contributed by atoms with E-state index in [1.165, 1.54) is 38.7 Å². The summed E-state index contributed by atoms with van der Waals surface area (Å²) in [6.45, 7) is 4.69. The molecule has 3 nitrogen and oxygen atoms in total. The van der Waals surface area contributed by atoms with Crippen LogP contribution in [0.5, 0.6) is 0 Å². The van der Waals surface area contributed by atoms with Gasteiger partial charge in [-0.1, -0.05) is 111 Å². The number of rotatable bonds is 5. The molecule has 7 aromatic rings. The molecule has 0 atom stereocenters. The smallest absolute Gasteiger partial charge is 0.145 e. The molecule has 2 aliphatic carbocycles. The maximum Gasteiger partial charge on any atom is 0.145 e. The van der Waals surface area contributed by atoms with Gasteiger partial charge in [-0.25, -0.2) is 4.98 Å². The molecule has 0 radical (unpaired) electrons. The number of nitrogens with zero attached hydrogens (tertiary/aromatic N) is 3. The Hall–Kier alpha value is -5.93. The number of anilines is 3. The number of fused-ring (bicyclic) bond motifs is 5. The van der Waals surface area contributed by atoms with E-state index >= 15 is 0 Å². The summed E-state index contributed by atoms with van der Waals surface area (Å²) < 4.78 is 2.31. The highest BCUT2D eigenvalue weighted by Gasteiger charge is 2.35. The first kappa shape index (κ1) is 28.3. The number of para-hydroxylation sites is 1. The molecule has 0 unspecified atom stereocenters.